The number of fused-ring (bicyclic) bond motifs is 1. The van der Waals surface area contributed by atoms with E-state index < -0.39 is 34.4 Å². The Labute approximate surface area is 229 Å². The fourth-order valence-corrected chi connectivity index (χ4v) is 6.07. The van der Waals surface area contributed by atoms with E-state index >= 15 is 0 Å². The van der Waals surface area contributed by atoms with Crippen molar-refractivity contribution in [3.63, 3.8) is 0 Å². The summed E-state index contributed by atoms with van der Waals surface area (Å²) in [5, 5.41) is 2.94. The minimum absolute atomic E-state index is 0.0357. The number of carbonyl (C=O) groups is 3. The number of unbranched alkanes of at least 4 members (excludes halogenated alkanes) is 1. The van der Waals surface area contributed by atoms with Crippen LogP contribution in [0, 0.1) is 6.92 Å². The van der Waals surface area contributed by atoms with E-state index in [1.807, 2.05) is 68.4 Å². The summed E-state index contributed by atoms with van der Waals surface area (Å²) >= 11 is 0. The molecule has 3 aromatic carbocycles. The molecule has 0 unspecified atom stereocenters. The lowest BCUT2D eigenvalue weighted by molar-refractivity contribution is -0.141. The van der Waals surface area contributed by atoms with Gasteiger partial charge in [0.25, 0.3) is 15.9 Å². The molecule has 0 saturated heterocycles. The number of carbonyl (C=O) groups excluding carboxylic acids is 3. The SMILES string of the molecule is CCCCNC(=O)[C@H](Cc1ccccc1)N(Cc1ccc(C)cc1)C(=O)CN1C(=O)c2ccccc2S1(=O)=O. The molecule has 0 aliphatic carbocycles. The van der Waals surface area contributed by atoms with Crippen LogP contribution in [0.1, 0.15) is 46.8 Å². The van der Waals surface area contributed by atoms with Crippen molar-refractivity contribution < 1.29 is 22.8 Å². The van der Waals surface area contributed by atoms with Crippen molar-refractivity contribution in [1.82, 2.24) is 14.5 Å². The number of sulfonamides is 1. The van der Waals surface area contributed by atoms with Crippen molar-refractivity contribution in [1.29, 1.82) is 0 Å². The highest BCUT2D eigenvalue weighted by molar-refractivity contribution is 7.90. The van der Waals surface area contributed by atoms with Crippen LogP contribution >= 0.6 is 0 Å². The number of benzene rings is 3. The second-order valence-electron chi connectivity index (χ2n) is 9.67. The fourth-order valence-electron chi connectivity index (χ4n) is 4.55. The van der Waals surface area contributed by atoms with Gasteiger partial charge in [-0.25, -0.2) is 12.7 Å². The maximum atomic E-state index is 13.9. The van der Waals surface area contributed by atoms with Gasteiger partial charge in [0.05, 0.1) is 5.56 Å². The lowest BCUT2D eigenvalue weighted by Gasteiger charge is -2.32. The highest BCUT2D eigenvalue weighted by Crippen LogP contribution is 2.30. The normalized spacial score (nSPS) is 14.5. The fraction of sp³-hybridized carbons (Fsp3) is 0.300. The molecule has 4 rings (SSSR count). The molecule has 0 saturated carbocycles. The Morgan fingerprint density at radius 3 is 2.26 bits per heavy atom. The molecule has 8 nitrogen and oxygen atoms in total. The molecular formula is C30H33N3O5S. The van der Waals surface area contributed by atoms with Crippen LogP contribution in [0.3, 0.4) is 0 Å². The Kier molecular flexibility index (Phi) is 8.81. The maximum Gasteiger partial charge on any atom is 0.269 e. The van der Waals surface area contributed by atoms with Gasteiger partial charge in [-0.15, -0.1) is 0 Å². The van der Waals surface area contributed by atoms with Crippen LogP contribution in [-0.4, -0.2) is 54.5 Å². The van der Waals surface area contributed by atoms with Crippen LogP contribution in [0.2, 0.25) is 0 Å². The summed E-state index contributed by atoms with van der Waals surface area (Å²) in [7, 11) is -4.19. The molecule has 0 fully saturated rings. The zero-order chi connectivity index (χ0) is 28.0. The average Bonchev–Trinajstić information content (AvgIpc) is 3.13. The molecule has 39 heavy (non-hydrogen) atoms. The molecule has 9 heteroatoms. The molecule has 1 heterocycles. The third kappa shape index (κ3) is 6.37. The topological polar surface area (TPSA) is 104 Å². The highest BCUT2D eigenvalue weighted by atomic mass is 32.2. The predicted molar refractivity (Wildman–Crippen MR) is 148 cm³/mol. The zero-order valence-electron chi connectivity index (χ0n) is 22.2. The minimum Gasteiger partial charge on any atom is -0.354 e. The van der Waals surface area contributed by atoms with E-state index in [2.05, 4.69) is 5.32 Å². The van der Waals surface area contributed by atoms with Gasteiger partial charge in [0.15, 0.2) is 0 Å². The van der Waals surface area contributed by atoms with Gasteiger partial charge >= 0.3 is 0 Å². The standard InChI is InChI=1S/C30H33N3O5S/c1-3-4-18-31-29(35)26(19-23-10-6-5-7-11-23)32(20-24-16-14-22(2)15-17-24)28(34)21-33-30(36)25-12-8-9-13-27(25)39(33,37)38/h5-17,26H,3-4,18-21H2,1-2H3,(H,31,35)/t26-/m0/s1. The third-order valence-corrected chi connectivity index (χ3v) is 8.55. The van der Waals surface area contributed by atoms with Crippen molar-refractivity contribution >= 4 is 27.7 Å². The number of nitrogens with one attached hydrogen (secondary N) is 1. The molecule has 0 radical (unpaired) electrons. The molecule has 1 aliphatic rings. The van der Waals surface area contributed by atoms with Crippen molar-refractivity contribution in [2.45, 2.75) is 50.6 Å². The summed E-state index contributed by atoms with van der Waals surface area (Å²) in [6.07, 6.45) is 1.91. The number of aryl methyl sites for hydroxylation is 1. The first-order valence-corrected chi connectivity index (χ1v) is 14.5. The monoisotopic (exact) mass is 547 g/mol. The van der Waals surface area contributed by atoms with Gasteiger partial charge in [0.2, 0.25) is 11.8 Å². The van der Waals surface area contributed by atoms with Crippen molar-refractivity contribution in [3.05, 3.63) is 101 Å². The Morgan fingerprint density at radius 2 is 1.59 bits per heavy atom. The quantitative estimate of drug-likeness (QED) is 0.369. The number of rotatable bonds is 11. The second kappa shape index (κ2) is 12.3. The molecule has 1 atom stereocenters. The smallest absolute Gasteiger partial charge is 0.269 e. The summed E-state index contributed by atoms with van der Waals surface area (Å²) < 4.78 is 27.0. The molecule has 204 valence electrons. The van der Waals surface area contributed by atoms with Gasteiger partial charge < -0.3 is 10.2 Å². The molecule has 0 bridgehead atoms. The molecule has 0 aromatic heterocycles. The molecule has 3 amide bonds. The first kappa shape index (κ1) is 28.0. The number of hydrogen-bond acceptors (Lipinski definition) is 5. The molecule has 1 aliphatic heterocycles. The largest absolute Gasteiger partial charge is 0.354 e. The number of nitrogens with zero attached hydrogens (tertiary/aromatic N) is 2. The summed E-state index contributed by atoms with van der Waals surface area (Å²) in [6.45, 7) is 3.81. The van der Waals surface area contributed by atoms with E-state index in [1.165, 1.54) is 23.1 Å². The van der Waals surface area contributed by atoms with Gasteiger partial charge in [0, 0.05) is 19.5 Å². The maximum absolute atomic E-state index is 13.9. The summed E-state index contributed by atoms with van der Waals surface area (Å²) in [5.41, 5.74) is 2.72. The van der Waals surface area contributed by atoms with E-state index in [4.69, 9.17) is 0 Å². The van der Waals surface area contributed by atoms with Gasteiger partial charge in [0.1, 0.15) is 17.5 Å². The Bertz CT molecular complexity index is 1440. The highest BCUT2D eigenvalue weighted by Gasteiger charge is 2.43. The van der Waals surface area contributed by atoms with Crippen molar-refractivity contribution in [2.75, 3.05) is 13.1 Å². The number of hydrogen-bond donors (Lipinski definition) is 1. The summed E-state index contributed by atoms with van der Waals surface area (Å²) in [6, 6.07) is 21.9. The zero-order valence-corrected chi connectivity index (χ0v) is 23.0. The van der Waals surface area contributed by atoms with E-state index in [9.17, 15) is 22.8 Å². The van der Waals surface area contributed by atoms with E-state index in [1.54, 1.807) is 6.07 Å². The second-order valence-corrected chi connectivity index (χ2v) is 11.5. The van der Waals surface area contributed by atoms with E-state index in [0.29, 0.717) is 10.8 Å². The van der Waals surface area contributed by atoms with Crippen LogP contribution in [-0.2, 0) is 32.6 Å². The van der Waals surface area contributed by atoms with E-state index in [-0.39, 0.29) is 29.3 Å². The summed E-state index contributed by atoms with van der Waals surface area (Å²) in [4.78, 5) is 41.7. The van der Waals surface area contributed by atoms with Crippen LogP contribution in [0.25, 0.3) is 0 Å². The van der Waals surface area contributed by atoms with Gasteiger partial charge in [-0.2, -0.15) is 0 Å². The Balaban J connectivity index is 1.69. The summed E-state index contributed by atoms with van der Waals surface area (Å²) in [5.74, 6) is -1.71. The molecule has 1 N–H and O–H groups in total. The van der Waals surface area contributed by atoms with Crippen LogP contribution in [0.5, 0.6) is 0 Å². The first-order chi connectivity index (χ1) is 18.7. The van der Waals surface area contributed by atoms with Gasteiger partial charge in [-0.05, 0) is 36.6 Å². The average molecular weight is 548 g/mol. The Hall–Kier alpha value is -3.98. The minimum atomic E-state index is -4.19. The van der Waals surface area contributed by atoms with Crippen LogP contribution < -0.4 is 5.32 Å². The number of amides is 3. The first-order valence-electron chi connectivity index (χ1n) is 13.0. The van der Waals surface area contributed by atoms with Crippen LogP contribution in [0.4, 0.5) is 0 Å². The predicted octanol–water partition coefficient (Wildman–Crippen LogP) is 3.70. The molecular weight excluding hydrogens is 514 g/mol. The molecule has 3 aromatic rings. The van der Waals surface area contributed by atoms with Crippen LogP contribution in [0.15, 0.2) is 83.8 Å². The third-order valence-electron chi connectivity index (χ3n) is 6.77. The van der Waals surface area contributed by atoms with Crippen molar-refractivity contribution in [2.24, 2.45) is 0 Å². The molecule has 0 spiro atoms. The lowest BCUT2D eigenvalue weighted by Crippen LogP contribution is -2.53. The van der Waals surface area contributed by atoms with Gasteiger partial charge in [-0.1, -0.05) is 85.6 Å². The van der Waals surface area contributed by atoms with E-state index in [0.717, 1.165) is 29.5 Å². The Morgan fingerprint density at radius 1 is 0.923 bits per heavy atom. The lowest BCUT2D eigenvalue weighted by atomic mass is 10.0. The van der Waals surface area contributed by atoms with Crippen molar-refractivity contribution in [3.8, 4) is 0 Å². The van der Waals surface area contributed by atoms with Gasteiger partial charge in [-0.3, -0.25) is 14.4 Å².